The Morgan fingerprint density at radius 3 is 2.56 bits per heavy atom. The van der Waals surface area contributed by atoms with Crippen LogP contribution in [0.5, 0.6) is 0 Å². The van der Waals surface area contributed by atoms with E-state index in [0.717, 1.165) is 42.6 Å². The second-order valence-electron chi connectivity index (χ2n) is 9.01. The number of nitrogens with one attached hydrogen (secondary N) is 2. The third-order valence-electron chi connectivity index (χ3n) is 6.88. The van der Waals surface area contributed by atoms with Crippen LogP contribution < -0.4 is 5.32 Å². The third-order valence-corrected chi connectivity index (χ3v) is 6.88. The van der Waals surface area contributed by atoms with Crippen molar-refractivity contribution in [2.45, 2.75) is 44.6 Å². The number of aromatic nitrogens is 1. The summed E-state index contributed by atoms with van der Waals surface area (Å²) in [6.45, 7) is 2.73. The van der Waals surface area contributed by atoms with Crippen molar-refractivity contribution < 1.29 is 19.2 Å². The number of aryl methyl sites for hydroxylation is 2. The highest BCUT2D eigenvalue weighted by atomic mass is 16.2. The van der Waals surface area contributed by atoms with Gasteiger partial charge in [0.15, 0.2) is 5.78 Å². The summed E-state index contributed by atoms with van der Waals surface area (Å²) in [7, 11) is 0. The lowest BCUT2D eigenvalue weighted by molar-refractivity contribution is -0.130. The van der Waals surface area contributed by atoms with E-state index in [4.69, 9.17) is 0 Å². The Morgan fingerprint density at radius 2 is 1.78 bits per heavy atom. The van der Waals surface area contributed by atoms with Gasteiger partial charge in [0.2, 0.25) is 0 Å². The van der Waals surface area contributed by atoms with Crippen LogP contribution in [0.15, 0.2) is 30.5 Å². The quantitative estimate of drug-likeness (QED) is 0.557. The molecule has 3 aliphatic rings. The third kappa shape index (κ3) is 3.30. The molecule has 0 bridgehead atoms. The Labute approximate surface area is 186 Å². The van der Waals surface area contributed by atoms with Crippen molar-refractivity contribution in [3.63, 3.8) is 0 Å². The number of amides is 4. The maximum absolute atomic E-state index is 13.2. The van der Waals surface area contributed by atoms with Gasteiger partial charge in [0.05, 0.1) is 6.54 Å². The molecule has 4 amide bonds. The first-order valence-electron chi connectivity index (χ1n) is 11.1. The standard InChI is InChI=1S/C24H26N4O4/c1-24(18-8-7-15-5-4-6-16(15)11-18)22(31)28(23(32)26-24)14-20(29)17-12-19(25-13-17)21(30)27-9-2-3-10-27/h7-8,11-13,25H,2-6,9-10,14H2,1H3,(H,26,32)/t24-/m0/s1. The van der Waals surface area contributed by atoms with Crippen LogP contribution in [0.25, 0.3) is 0 Å². The van der Waals surface area contributed by atoms with Gasteiger partial charge in [-0.3, -0.25) is 19.3 Å². The minimum atomic E-state index is -1.20. The van der Waals surface area contributed by atoms with Gasteiger partial charge in [-0.1, -0.05) is 18.2 Å². The van der Waals surface area contributed by atoms with Crippen LogP contribution in [-0.4, -0.2) is 58.0 Å². The molecule has 2 aliphatic heterocycles. The summed E-state index contributed by atoms with van der Waals surface area (Å²) in [5, 5.41) is 2.77. The molecular weight excluding hydrogens is 408 g/mol. The van der Waals surface area contributed by atoms with Crippen molar-refractivity contribution in [2.24, 2.45) is 0 Å². The number of carbonyl (C=O) groups is 4. The van der Waals surface area contributed by atoms with Gasteiger partial charge in [-0.25, -0.2) is 4.79 Å². The van der Waals surface area contributed by atoms with Crippen LogP contribution in [0.4, 0.5) is 4.79 Å². The molecule has 8 nitrogen and oxygen atoms in total. The van der Waals surface area contributed by atoms with Crippen molar-refractivity contribution >= 4 is 23.6 Å². The molecule has 1 aromatic carbocycles. The van der Waals surface area contributed by atoms with Gasteiger partial charge in [-0.15, -0.1) is 0 Å². The lowest BCUT2D eigenvalue weighted by Gasteiger charge is -2.23. The van der Waals surface area contributed by atoms with Crippen LogP contribution in [-0.2, 0) is 23.2 Å². The summed E-state index contributed by atoms with van der Waals surface area (Å²) in [4.78, 5) is 56.8. The predicted octanol–water partition coefficient (Wildman–Crippen LogP) is 2.39. The van der Waals surface area contributed by atoms with Gasteiger partial charge in [0, 0.05) is 24.8 Å². The first kappa shape index (κ1) is 20.5. The second kappa shape index (κ2) is 7.62. The van der Waals surface area contributed by atoms with Gasteiger partial charge in [-0.05, 0) is 61.8 Å². The van der Waals surface area contributed by atoms with Crippen molar-refractivity contribution in [3.8, 4) is 0 Å². The molecule has 2 saturated heterocycles. The summed E-state index contributed by atoms with van der Waals surface area (Å²) in [6, 6.07) is 6.82. The number of benzene rings is 1. The van der Waals surface area contributed by atoms with E-state index in [9.17, 15) is 19.2 Å². The van der Waals surface area contributed by atoms with E-state index in [1.807, 2.05) is 18.2 Å². The highest BCUT2D eigenvalue weighted by Gasteiger charge is 2.49. The number of urea groups is 1. The predicted molar refractivity (Wildman–Crippen MR) is 116 cm³/mol. The van der Waals surface area contributed by atoms with Gasteiger partial charge in [-0.2, -0.15) is 0 Å². The average Bonchev–Trinajstić information content (AvgIpc) is 3.57. The fourth-order valence-electron chi connectivity index (χ4n) is 4.92. The molecular formula is C24H26N4O4. The molecule has 166 valence electrons. The number of fused-ring (bicyclic) bond motifs is 1. The van der Waals surface area contributed by atoms with Gasteiger partial charge in [0.25, 0.3) is 11.8 Å². The maximum atomic E-state index is 13.2. The van der Waals surface area contributed by atoms with Gasteiger partial charge in [0.1, 0.15) is 11.2 Å². The van der Waals surface area contributed by atoms with Crippen molar-refractivity contribution in [1.82, 2.24) is 20.1 Å². The molecule has 5 rings (SSSR count). The Balaban J connectivity index is 1.31. The summed E-state index contributed by atoms with van der Waals surface area (Å²) >= 11 is 0. The fourth-order valence-corrected chi connectivity index (χ4v) is 4.92. The Kier molecular flexibility index (Phi) is 4.87. The number of H-pyrrole nitrogens is 1. The number of Topliss-reactive ketones (excluding diaryl/α,β-unsaturated/α-hetero) is 1. The molecule has 0 saturated carbocycles. The number of rotatable bonds is 5. The highest BCUT2D eigenvalue weighted by Crippen LogP contribution is 2.32. The number of hydrogen-bond acceptors (Lipinski definition) is 4. The molecule has 8 heteroatoms. The zero-order valence-corrected chi connectivity index (χ0v) is 18.1. The van der Waals surface area contributed by atoms with Crippen LogP contribution in [0.2, 0.25) is 0 Å². The van der Waals surface area contributed by atoms with E-state index >= 15 is 0 Å². The summed E-state index contributed by atoms with van der Waals surface area (Å²) < 4.78 is 0. The summed E-state index contributed by atoms with van der Waals surface area (Å²) in [6.07, 6.45) is 6.52. The monoisotopic (exact) mass is 434 g/mol. The summed E-state index contributed by atoms with van der Waals surface area (Å²) in [5.74, 6) is -0.984. The largest absolute Gasteiger partial charge is 0.356 e. The van der Waals surface area contributed by atoms with Crippen LogP contribution in [0.3, 0.4) is 0 Å². The Morgan fingerprint density at radius 1 is 1.03 bits per heavy atom. The average molecular weight is 434 g/mol. The van der Waals surface area contributed by atoms with E-state index in [2.05, 4.69) is 10.3 Å². The summed E-state index contributed by atoms with van der Waals surface area (Å²) in [5.41, 5.74) is 2.64. The van der Waals surface area contributed by atoms with Crippen LogP contribution in [0.1, 0.15) is 63.7 Å². The number of carbonyl (C=O) groups excluding carboxylic acids is 4. The smallest absolute Gasteiger partial charge is 0.325 e. The maximum Gasteiger partial charge on any atom is 0.325 e. The molecule has 1 aliphatic carbocycles. The zero-order chi connectivity index (χ0) is 22.5. The van der Waals surface area contributed by atoms with E-state index in [1.54, 1.807) is 11.8 Å². The zero-order valence-electron chi connectivity index (χ0n) is 18.1. The molecule has 32 heavy (non-hydrogen) atoms. The highest BCUT2D eigenvalue weighted by molar-refractivity contribution is 6.11. The molecule has 0 radical (unpaired) electrons. The van der Waals surface area contributed by atoms with E-state index in [-0.39, 0.29) is 18.0 Å². The molecule has 0 spiro atoms. The molecule has 1 aromatic heterocycles. The van der Waals surface area contributed by atoms with Gasteiger partial charge >= 0.3 is 6.03 Å². The Bertz CT molecular complexity index is 1130. The number of nitrogens with zero attached hydrogens (tertiary/aromatic N) is 2. The van der Waals surface area contributed by atoms with Crippen molar-refractivity contribution in [2.75, 3.05) is 19.6 Å². The first-order chi connectivity index (χ1) is 15.4. The molecule has 3 heterocycles. The van der Waals surface area contributed by atoms with Crippen LogP contribution >= 0.6 is 0 Å². The van der Waals surface area contributed by atoms with E-state index < -0.39 is 23.3 Å². The number of aromatic amines is 1. The molecule has 2 N–H and O–H groups in total. The number of likely N-dealkylation sites (tertiary alicyclic amines) is 1. The van der Waals surface area contributed by atoms with Crippen LogP contribution in [0, 0.1) is 0 Å². The second-order valence-corrected chi connectivity index (χ2v) is 9.01. The van der Waals surface area contributed by atoms with Gasteiger partial charge < -0.3 is 15.2 Å². The minimum Gasteiger partial charge on any atom is -0.356 e. The molecule has 1 atom stereocenters. The SMILES string of the molecule is C[C@@]1(c2ccc3c(c2)CCC3)NC(=O)N(CC(=O)c2c[nH]c(C(=O)N3CCCC3)c2)C1=O. The Hall–Kier alpha value is -3.42. The van der Waals surface area contributed by atoms with E-state index in [1.165, 1.54) is 23.4 Å². The minimum absolute atomic E-state index is 0.138. The van der Waals surface area contributed by atoms with Crippen molar-refractivity contribution in [1.29, 1.82) is 0 Å². The number of imide groups is 1. The number of hydrogen-bond donors (Lipinski definition) is 2. The lowest BCUT2D eigenvalue weighted by atomic mass is 9.89. The first-order valence-corrected chi connectivity index (χ1v) is 11.1. The lowest BCUT2D eigenvalue weighted by Crippen LogP contribution is -2.41. The normalized spacial score (nSPS) is 22.4. The van der Waals surface area contributed by atoms with Crippen molar-refractivity contribution in [3.05, 3.63) is 58.4 Å². The topological polar surface area (TPSA) is 103 Å². The fraction of sp³-hybridized carbons (Fsp3) is 0.417. The molecule has 0 unspecified atom stereocenters. The molecule has 2 aromatic rings. The van der Waals surface area contributed by atoms with E-state index in [0.29, 0.717) is 18.8 Å². The number of ketones is 1. The molecule has 2 fully saturated rings.